The Hall–Kier alpha value is -2.82. The fourth-order valence-electron chi connectivity index (χ4n) is 1.97. The van der Waals surface area contributed by atoms with Gasteiger partial charge in [0.05, 0.1) is 11.4 Å². The lowest BCUT2D eigenvalue weighted by Crippen LogP contribution is -2.21. The summed E-state index contributed by atoms with van der Waals surface area (Å²) in [5.74, 6) is -2.33. The number of sulfonamides is 1. The van der Waals surface area contributed by atoms with E-state index in [0.29, 0.717) is 0 Å². The molecule has 2 N–H and O–H groups in total. The summed E-state index contributed by atoms with van der Waals surface area (Å²) in [6, 6.07) is 7.07. The van der Waals surface area contributed by atoms with Gasteiger partial charge in [-0.25, -0.2) is 12.8 Å². The highest BCUT2D eigenvalue weighted by molar-refractivity contribution is 7.92. The summed E-state index contributed by atoms with van der Waals surface area (Å²) in [6.07, 6.45) is -5.08. The Morgan fingerprint density at radius 2 is 1.77 bits per heavy atom. The van der Waals surface area contributed by atoms with Crippen LogP contribution in [0.2, 0.25) is 0 Å². The molecule has 2 aromatic carbocycles. The lowest BCUT2D eigenvalue weighted by atomic mass is 10.2. The van der Waals surface area contributed by atoms with Crippen LogP contribution in [-0.2, 0) is 14.8 Å². The number of benzene rings is 2. The minimum Gasteiger partial charge on any atom is -0.404 e. The van der Waals surface area contributed by atoms with E-state index in [1.54, 1.807) is 0 Å². The van der Waals surface area contributed by atoms with Crippen LogP contribution in [0.4, 0.5) is 28.9 Å². The van der Waals surface area contributed by atoms with Crippen LogP contribution in [0.25, 0.3) is 0 Å². The minimum atomic E-state index is -5.08. The first-order chi connectivity index (χ1) is 12.0. The van der Waals surface area contributed by atoms with Crippen molar-refractivity contribution in [2.45, 2.75) is 18.2 Å². The number of para-hydroxylation sites is 1. The van der Waals surface area contributed by atoms with Crippen molar-refractivity contribution >= 4 is 27.3 Å². The second kappa shape index (κ2) is 7.20. The number of rotatable bonds is 5. The van der Waals surface area contributed by atoms with Crippen LogP contribution < -0.4 is 14.8 Å². The third kappa shape index (κ3) is 5.09. The fourth-order valence-corrected chi connectivity index (χ4v) is 3.15. The molecule has 0 aliphatic carbocycles. The maximum Gasteiger partial charge on any atom is 0.573 e. The van der Waals surface area contributed by atoms with Crippen LogP contribution >= 0.6 is 0 Å². The molecule has 0 saturated heterocycles. The van der Waals surface area contributed by atoms with E-state index < -0.39 is 38.8 Å². The SMILES string of the molecule is CC(=O)Nc1cc(NS(=O)(=O)c2ccccc2OC(F)(F)F)ccc1F. The van der Waals surface area contributed by atoms with Crippen molar-refractivity contribution in [2.75, 3.05) is 10.0 Å². The van der Waals surface area contributed by atoms with E-state index in [4.69, 9.17) is 0 Å². The van der Waals surface area contributed by atoms with Crippen molar-refractivity contribution < 1.29 is 35.5 Å². The zero-order chi connectivity index (χ0) is 19.5. The summed E-state index contributed by atoms with van der Waals surface area (Å²) in [4.78, 5) is 10.3. The number of hydrogen-bond acceptors (Lipinski definition) is 4. The van der Waals surface area contributed by atoms with Crippen molar-refractivity contribution in [2.24, 2.45) is 0 Å². The first kappa shape index (κ1) is 19.5. The van der Waals surface area contributed by atoms with Gasteiger partial charge in [0.15, 0.2) is 0 Å². The highest BCUT2D eigenvalue weighted by Crippen LogP contribution is 2.31. The lowest BCUT2D eigenvalue weighted by Gasteiger charge is -2.15. The summed E-state index contributed by atoms with van der Waals surface area (Å²) < 4.78 is 81.4. The van der Waals surface area contributed by atoms with Crippen molar-refractivity contribution in [3.63, 3.8) is 0 Å². The monoisotopic (exact) mass is 392 g/mol. The molecule has 0 aromatic heterocycles. The van der Waals surface area contributed by atoms with Gasteiger partial charge in [-0.2, -0.15) is 0 Å². The topological polar surface area (TPSA) is 84.5 Å². The van der Waals surface area contributed by atoms with Crippen LogP contribution in [-0.4, -0.2) is 20.7 Å². The Bertz CT molecular complexity index is 929. The van der Waals surface area contributed by atoms with Crippen LogP contribution in [0.1, 0.15) is 6.92 Å². The normalized spacial score (nSPS) is 11.7. The summed E-state index contributed by atoms with van der Waals surface area (Å²) in [7, 11) is -4.48. The molecule has 6 nitrogen and oxygen atoms in total. The molecule has 0 atom stereocenters. The number of alkyl halides is 3. The van der Waals surface area contributed by atoms with Crippen molar-refractivity contribution in [1.29, 1.82) is 0 Å². The van der Waals surface area contributed by atoms with E-state index in [9.17, 15) is 30.8 Å². The Balaban J connectivity index is 2.37. The first-order valence-corrected chi connectivity index (χ1v) is 8.41. The molecule has 2 aromatic rings. The smallest absolute Gasteiger partial charge is 0.404 e. The number of carbonyl (C=O) groups is 1. The number of amides is 1. The zero-order valence-corrected chi connectivity index (χ0v) is 13.9. The molecule has 0 aliphatic heterocycles. The van der Waals surface area contributed by atoms with Gasteiger partial charge in [0.25, 0.3) is 10.0 Å². The Kier molecular flexibility index (Phi) is 5.40. The predicted molar refractivity (Wildman–Crippen MR) is 84.6 cm³/mol. The molecule has 11 heteroatoms. The molecule has 0 aliphatic rings. The van der Waals surface area contributed by atoms with Gasteiger partial charge in [-0.3, -0.25) is 9.52 Å². The number of hydrogen-bond donors (Lipinski definition) is 2. The number of halogens is 4. The Morgan fingerprint density at radius 1 is 1.12 bits per heavy atom. The third-order valence-electron chi connectivity index (χ3n) is 2.89. The van der Waals surface area contributed by atoms with Gasteiger partial charge >= 0.3 is 6.36 Å². The molecular formula is C15H12F4N2O4S. The number of ether oxygens (including phenoxy) is 1. The molecule has 0 heterocycles. The van der Waals surface area contributed by atoms with E-state index in [0.717, 1.165) is 37.3 Å². The van der Waals surface area contributed by atoms with Crippen LogP contribution in [0.15, 0.2) is 47.4 Å². The molecule has 2 rings (SSSR count). The molecule has 0 fully saturated rings. The van der Waals surface area contributed by atoms with Crippen molar-refractivity contribution in [3.05, 3.63) is 48.3 Å². The van der Waals surface area contributed by atoms with Crippen LogP contribution in [0.5, 0.6) is 5.75 Å². The summed E-state index contributed by atoms with van der Waals surface area (Å²) in [5.41, 5.74) is -0.463. The van der Waals surface area contributed by atoms with Crippen molar-refractivity contribution in [1.82, 2.24) is 0 Å². The molecule has 140 valence electrons. The maximum atomic E-state index is 13.6. The Labute approximate surface area is 145 Å². The molecule has 0 saturated carbocycles. The van der Waals surface area contributed by atoms with E-state index in [1.807, 2.05) is 4.72 Å². The standard InChI is InChI=1S/C15H12F4N2O4S/c1-9(22)20-12-8-10(6-7-11(12)16)21-26(23,24)14-5-3-2-4-13(14)25-15(17,18)19/h2-8,21H,1H3,(H,20,22). The minimum absolute atomic E-state index is 0.169. The van der Waals surface area contributed by atoms with Crippen LogP contribution in [0.3, 0.4) is 0 Å². The predicted octanol–water partition coefficient (Wildman–Crippen LogP) is 3.48. The van der Waals surface area contributed by atoms with Gasteiger partial charge in [0, 0.05) is 6.92 Å². The number of nitrogens with one attached hydrogen (secondary N) is 2. The average Bonchev–Trinajstić information content (AvgIpc) is 2.48. The third-order valence-corrected chi connectivity index (χ3v) is 4.31. The van der Waals surface area contributed by atoms with E-state index >= 15 is 0 Å². The van der Waals surface area contributed by atoms with E-state index in [-0.39, 0.29) is 11.4 Å². The van der Waals surface area contributed by atoms with Crippen LogP contribution in [0, 0.1) is 5.82 Å². The molecule has 0 spiro atoms. The largest absolute Gasteiger partial charge is 0.573 e. The highest BCUT2D eigenvalue weighted by atomic mass is 32.2. The number of carbonyl (C=O) groups excluding carboxylic acids is 1. The highest BCUT2D eigenvalue weighted by Gasteiger charge is 2.34. The molecular weight excluding hydrogens is 380 g/mol. The maximum absolute atomic E-state index is 13.6. The van der Waals surface area contributed by atoms with Gasteiger partial charge < -0.3 is 10.1 Å². The molecule has 26 heavy (non-hydrogen) atoms. The molecule has 0 unspecified atom stereocenters. The fraction of sp³-hybridized carbons (Fsp3) is 0.133. The van der Waals surface area contributed by atoms with E-state index in [2.05, 4.69) is 10.1 Å². The quantitative estimate of drug-likeness (QED) is 0.763. The van der Waals surface area contributed by atoms with Gasteiger partial charge in [-0.05, 0) is 30.3 Å². The number of anilines is 2. The first-order valence-electron chi connectivity index (χ1n) is 6.93. The second-order valence-corrected chi connectivity index (χ2v) is 6.63. The van der Waals surface area contributed by atoms with E-state index in [1.165, 1.54) is 12.1 Å². The Morgan fingerprint density at radius 3 is 2.38 bits per heavy atom. The summed E-state index contributed by atoms with van der Waals surface area (Å²) in [5, 5.41) is 2.16. The van der Waals surface area contributed by atoms with Gasteiger partial charge in [-0.1, -0.05) is 12.1 Å². The molecule has 0 bridgehead atoms. The van der Waals surface area contributed by atoms with Crippen molar-refractivity contribution in [3.8, 4) is 5.75 Å². The van der Waals surface area contributed by atoms with Gasteiger partial charge in [-0.15, -0.1) is 13.2 Å². The second-order valence-electron chi connectivity index (χ2n) is 4.98. The zero-order valence-electron chi connectivity index (χ0n) is 13.1. The summed E-state index contributed by atoms with van der Waals surface area (Å²) >= 11 is 0. The summed E-state index contributed by atoms with van der Waals surface area (Å²) in [6.45, 7) is 1.13. The lowest BCUT2D eigenvalue weighted by molar-refractivity contribution is -0.275. The van der Waals surface area contributed by atoms with Gasteiger partial charge in [0.1, 0.15) is 16.5 Å². The van der Waals surface area contributed by atoms with Gasteiger partial charge in [0.2, 0.25) is 5.91 Å². The average molecular weight is 392 g/mol. The molecule has 0 radical (unpaired) electrons. The molecule has 1 amide bonds.